The summed E-state index contributed by atoms with van der Waals surface area (Å²) in [4.78, 5) is 0. The Hall–Kier alpha value is 0.0700. The minimum Gasteiger partial charge on any atom is -0.743 e. The maximum absolute atomic E-state index is 13.1. The summed E-state index contributed by atoms with van der Waals surface area (Å²) < 4.78 is 182. The molecule has 26 heavy (non-hydrogen) atoms. The first-order valence-corrected chi connectivity index (χ1v) is 7.21. The van der Waals surface area contributed by atoms with Crippen LogP contribution in [0.2, 0.25) is 0 Å². The van der Waals surface area contributed by atoms with E-state index in [-0.39, 0.29) is 29.6 Å². The number of alkyl halides is 12. The molecule has 0 bridgehead atoms. The molecule has 0 N–H and O–H groups in total. The molecule has 0 rings (SSSR count). The fourth-order valence-electron chi connectivity index (χ4n) is 1.41. The average molecular weight is 446 g/mol. The van der Waals surface area contributed by atoms with Crippen molar-refractivity contribution in [3.05, 3.63) is 0 Å². The van der Waals surface area contributed by atoms with E-state index in [1.165, 1.54) is 0 Å². The molecule has 152 valence electrons. The molecule has 0 aliphatic carbocycles. The molecule has 0 saturated carbocycles. The zero-order chi connectivity index (χ0) is 20.7. The number of halogens is 12. The van der Waals surface area contributed by atoms with Gasteiger partial charge in [0.25, 0.3) is 0 Å². The van der Waals surface area contributed by atoms with Crippen LogP contribution in [0.3, 0.4) is 0 Å². The van der Waals surface area contributed by atoms with Gasteiger partial charge in [-0.3, -0.25) is 0 Å². The minimum atomic E-state index is -7.58. The number of hydrogen-bond donors (Lipinski definition) is 0. The molecule has 0 spiro atoms. The summed E-state index contributed by atoms with van der Waals surface area (Å²) in [5, 5.41) is -7.25. The van der Waals surface area contributed by atoms with Gasteiger partial charge >= 0.3 is 58.8 Å². The van der Waals surface area contributed by atoms with Crippen LogP contribution in [-0.2, 0) is 10.1 Å². The van der Waals surface area contributed by atoms with Gasteiger partial charge < -0.3 is 4.55 Å². The first kappa shape index (κ1) is 28.3. The van der Waals surface area contributed by atoms with Crippen LogP contribution in [0, 0.1) is 0 Å². The van der Waals surface area contributed by atoms with Crippen LogP contribution in [-0.4, -0.2) is 48.3 Å². The minimum absolute atomic E-state index is 0. The molecule has 17 heteroatoms. The van der Waals surface area contributed by atoms with E-state index in [0.717, 1.165) is 0 Å². The summed E-state index contributed by atoms with van der Waals surface area (Å²) in [6.07, 6.45) is -15.2. The Morgan fingerprint density at radius 1 is 0.808 bits per heavy atom. The fourth-order valence-corrected chi connectivity index (χ4v) is 1.85. The van der Waals surface area contributed by atoms with Gasteiger partial charge in [-0.2, -0.15) is 48.3 Å². The molecule has 0 heterocycles. The summed E-state index contributed by atoms with van der Waals surface area (Å²) in [6.45, 7) is 0. The van der Waals surface area contributed by atoms with Gasteiger partial charge in [-0.1, -0.05) is 0 Å². The van der Waals surface area contributed by atoms with Crippen LogP contribution >= 0.6 is 0 Å². The topological polar surface area (TPSA) is 57.2 Å². The summed E-state index contributed by atoms with van der Waals surface area (Å²) in [5.41, 5.74) is 0. The van der Waals surface area contributed by atoms with Crippen LogP contribution in [0.1, 0.15) is 19.3 Å². The van der Waals surface area contributed by atoms with Crippen LogP contribution in [0.15, 0.2) is 0 Å². The Morgan fingerprint density at radius 3 is 1.50 bits per heavy atom. The maximum Gasteiger partial charge on any atom is 1.00 e. The SMILES string of the molecule is O=S(=O)([O-])C(F)(F)C(F)(F)C(F)(F)C(F)(F)C(F)CCCC(F)(F)F.[Na+]. The summed E-state index contributed by atoms with van der Waals surface area (Å²) in [6, 6.07) is 0. The molecular weight excluding hydrogens is 439 g/mol. The van der Waals surface area contributed by atoms with Gasteiger partial charge in [0.1, 0.15) is 0 Å². The maximum atomic E-state index is 13.1. The molecule has 0 saturated heterocycles. The Labute approximate surface area is 160 Å². The van der Waals surface area contributed by atoms with Gasteiger partial charge in [0.05, 0.1) is 0 Å². The van der Waals surface area contributed by atoms with Crippen molar-refractivity contribution >= 4 is 10.1 Å². The molecule has 0 amide bonds. The quantitative estimate of drug-likeness (QED) is 0.319. The Balaban J connectivity index is 0. The monoisotopic (exact) mass is 446 g/mol. The Morgan fingerprint density at radius 2 is 1.19 bits per heavy atom. The molecule has 1 atom stereocenters. The molecule has 0 fully saturated rings. The van der Waals surface area contributed by atoms with Gasteiger partial charge in [-0.05, 0) is 12.8 Å². The van der Waals surface area contributed by atoms with Crippen LogP contribution < -0.4 is 29.6 Å². The van der Waals surface area contributed by atoms with Crippen molar-refractivity contribution in [3.63, 3.8) is 0 Å². The van der Waals surface area contributed by atoms with Gasteiger partial charge in [0.15, 0.2) is 16.3 Å². The standard InChI is InChI=1S/C9H8F12O3S.Na/c10-4(2-1-3-5(11,12)13)6(14,15)7(16,17)8(18,19)9(20,21)25(22,23)24;/h4H,1-3H2,(H,22,23,24);/q;+1/p-1. The molecular formula is C9H7F12NaO3S. The molecule has 0 radical (unpaired) electrons. The van der Waals surface area contributed by atoms with Crippen molar-refractivity contribution in [2.75, 3.05) is 0 Å². The van der Waals surface area contributed by atoms with E-state index in [2.05, 4.69) is 0 Å². The van der Waals surface area contributed by atoms with Gasteiger partial charge in [0.2, 0.25) is 0 Å². The summed E-state index contributed by atoms with van der Waals surface area (Å²) in [5.74, 6) is -21.7. The molecule has 0 aromatic heterocycles. The van der Waals surface area contributed by atoms with E-state index in [4.69, 9.17) is 0 Å². The predicted molar refractivity (Wildman–Crippen MR) is 54.3 cm³/mol. The van der Waals surface area contributed by atoms with Crippen LogP contribution in [0.25, 0.3) is 0 Å². The van der Waals surface area contributed by atoms with Crippen molar-refractivity contribution in [2.24, 2.45) is 0 Å². The van der Waals surface area contributed by atoms with Gasteiger partial charge in [0, 0.05) is 6.42 Å². The second kappa shape index (κ2) is 8.21. The molecule has 0 aliphatic rings. The second-order valence-electron chi connectivity index (χ2n) is 4.72. The van der Waals surface area contributed by atoms with Gasteiger partial charge in [-0.25, -0.2) is 12.8 Å². The predicted octanol–water partition coefficient (Wildman–Crippen LogP) is 1.10. The van der Waals surface area contributed by atoms with Crippen molar-refractivity contribution in [1.29, 1.82) is 0 Å². The Kier molecular flexibility index (Phi) is 8.93. The third kappa shape index (κ3) is 5.32. The Bertz CT molecular complexity index is 573. The second-order valence-corrected chi connectivity index (χ2v) is 6.14. The van der Waals surface area contributed by atoms with E-state index in [0.29, 0.717) is 0 Å². The van der Waals surface area contributed by atoms with E-state index >= 15 is 0 Å². The largest absolute Gasteiger partial charge is 1.00 e. The smallest absolute Gasteiger partial charge is 0.743 e. The number of hydrogen-bond acceptors (Lipinski definition) is 3. The van der Waals surface area contributed by atoms with E-state index in [1.807, 2.05) is 0 Å². The average Bonchev–Trinajstić information content (AvgIpc) is 2.34. The van der Waals surface area contributed by atoms with Gasteiger partial charge in [-0.15, -0.1) is 0 Å². The van der Waals surface area contributed by atoms with Crippen molar-refractivity contribution < 1.29 is 95.2 Å². The third-order valence-electron chi connectivity index (χ3n) is 2.80. The molecule has 0 aromatic rings. The van der Waals surface area contributed by atoms with E-state index < -0.39 is 64.8 Å². The van der Waals surface area contributed by atoms with Crippen molar-refractivity contribution in [1.82, 2.24) is 0 Å². The summed E-state index contributed by atoms with van der Waals surface area (Å²) >= 11 is 0. The first-order chi connectivity index (χ1) is 10.6. The number of rotatable bonds is 8. The van der Waals surface area contributed by atoms with Crippen molar-refractivity contribution in [3.8, 4) is 0 Å². The van der Waals surface area contributed by atoms with E-state index in [9.17, 15) is 65.7 Å². The summed E-state index contributed by atoms with van der Waals surface area (Å²) in [7, 11) is -7.58. The van der Waals surface area contributed by atoms with Crippen LogP contribution in [0.5, 0.6) is 0 Å². The normalized spacial score (nSPS) is 16.2. The molecule has 0 aromatic carbocycles. The van der Waals surface area contributed by atoms with Crippen molar-refractivity contribution in [2.45, 2.75) is 54.6 Å². The zero-order valence-corrected chi connectivity index (χ0v) is 15.2. The first-order valence-electron chi connectivity index (χ1n) is 5.80. The fraction of sp³-hybridized carbons (Fsp3) is 1.00. The molecule has 1 unspecified atom stereocenters. The zero-order valence-electron chi connectivity index (χ0n) is 12.4. The van der Waals surface area contributed by atoms with E-state index in [1.54, 1.807) is 0 Å². The third-order valence-corrected chi connectivity index (χ3v) is 3.69. The molecule has 3 nitrogen and oxygen atoms in total. The van der Waals surface area contributed by atoms with Crippen LogP contribution in [0.4, 0.5) is 52.7 Å². The molecule has 0 aliphatic heterocycles.